The minimum absolute atomic E-state index is 0.00559. The Morgan fingerprint density at radius 1 is 1.08 bits per heavy atom. The van der Waals surface area contributed by atoms with Crippen molar-refractivity contribution in [2.24, 2.45) is 0 Å². The minimum atomic E-state index is -0.00559. The van der Waals surface area contributed by atoms with Gasteiger partial charge in [-0.1, -0.05) is 24.3 Å². The Balaban J connectivity index is 2.04. The van der Waals surface area contributed by atoms with Crippen molar-refractivity contribution in [1.82, 2.24) is 4.57 Å². The van der Waals surface area contributed by atoms with E-state index in [2.05, 4.69) is 6.58 Å². The first kappa shape index (κ1) is 18.0. The molecule has 3 rings (SSSR count). The third-order valence-corrected chi connectivity index (χ3v) is 4.15. The number of allylic oxidation sites excluding steroid dienone is 1. The maximum absolute atomic E-state index is 12.9. The molecule has 4 heteroatoms. The summed E-state index contributed by atoms with van der Waals surface area (Å²) < 4.78 is 13.1. The number of benzene rings is 2. The van der Waals surface area contributed by atoms with Crippen molar-refractivity contribution < 1.29 is 9.47 Å². The normalized spacial score (nSPS) is 10.8. The van der Waals surface area contributed by atoms with Gasteiger partial charge in [0, 0.05) is 24.8 Å². The fraction of sp³-hybridized carbons (Fsp3) is 0.227. The molecule has 0 saturated carbocycles. The maximum atomic E-state index is 12.9. The van der Waals surface area contributed by atoms with Gasteiger partial charge in [-0.3, -0.25) is 4.79 Å². The van der Waals surface area contributed by atoms with Gasteiger partial charge in [0.05, 0.1) is 12.1 Å². The molecule has 0 radical (unpaired) electrons. The topological polar surface area (TPSA) is 40.5 Å². The number of fused-ring (bicyclic) bond motifs is 1. The molecule has 0 fully saturated rings. The molecule has 0 aliphatic heterocycles. The van der Waals surface area contributed by atoms with Crippen LogP contribution in [0.4, 0.5) is 0 Å². The molecule has 0 N–H and O–H groups in total. The highest BCUT2D eigenvalue weighted by Gasteiger charge is 2.10. The Hall–Kier alpha value is -2.85. The molecule has 0 unspecified atom stereocenters. The average Bonchev–Trinajstić information content (AvgIpc) is 2.66. The van der Waals surface area contributed by atoms with Crippen LogP contribution in [0.2, 0.25) is 0 Å². The van der Waals surface area contributed by atoms with Crippen LogP contribution in [0.25, 0.3) is 10.9 Å². The fourth-order valence-corrected chi connectivity index (χ4v) is 2.92. The monoisotopic (exact) mass is 349 g/mol. The molecular weight excluding hydrogens is 326 g/mol. The molecule has 0 atom stereocenters. The second-order valence-corrected chi connectivity index (χ2v) is 5.95. The molecule has 0 bridgehead atoms. The molecule has 0 saturated heterocycles. The van der Waals surface area contributed by atoms with Gasteiger partial charge >= 0.3 is 0 Å². The zero-order chi connectivity index (χ0) is 18.4. The van der Waals surface area contributed by atoms with Crippen LogP contribution in [-0.4, -0.2) is 17.8 Å². The van der Waals surface area contributed by atoms with Crippen LogP contribution in [0, 0.1) is 0 Å². The number of hydrogen-bond donors (Lipinski definition) is 0. The summed E-state index contributed by atoms with van der Waals surface area (Å²) in [6, 6.07) is 17.3. The van der Waals surface area contributed by atoms with Gasteiger partial charge in [-0.15, -0.1) is 6.58 Å². The lowest BCUT2D eigenvalue weighted by Crippen LogP contribution is -2.25. The van der Waals surface area contributed by atoms with Crippen molar-refractivity contribution in [3.05, 3.63) is 83.2 Å². The molecule has 1 heterocycles. The Labute approximate surface area is 153 Å². The van der Waals surface area contributed by atoms with Gasteiger partial charge < -0.3 is 14.0 Å². The van der Waals surface area contributed by atoms with E-state index in [9.17, 15) is 4.79 Å². The zero-order valence-electron chi connectivity index (χ0n) is 15.0. The molecular formula is C22H23NO3. The Morgan fingerprint density at radius 2 is 1.88 bits per heavy atom. The highest BCUT2D eigenvalue weighted by Crippen LogP contribution is 2.25. The fourth-order valence-electron chi connectivity index (χ4n) is 2.92. The highest BCUT2D eigenvalue weighted by molar-refractivity contribution is 5.81. The maximum Gasteiger partial charge on any atom is 0.254 e. The summed E-state index contributed by atoms with van der Waals surface area (Å²) in [7, 11) is 0. The largest absolute Gasteiger partial charge is 0.457 e. The van der Waals surface area contributed by atoms with Crippen molar-refractivity contribution in [2.45, 2.75) is 19.9 Å². The molecule has 1 aromatic heterocycles. The van der Waals surface area contributed by atoms with Crippen molar-refractivity contribution in [3.63, 3.8) is 0 Å². The molecule has 0 spiro atoms. The van der Waals surface area contributed by atoms with Crippen molar-refractivity contribution in [2.75, 3.05) is 13.2 Å². The third kappa shape index (κ3) is 4.03. The van der Waals surface area contributed by atoms with E-state index in [0.717, 1.165) is 22.2 Å². The summed E-state index contributed by atoms with van der Waals surface area (Å²) in [6.45, 7) is 7.32. The van der Waals surface area contributed by atoms with E-state index in [0.29, 0.717) is 31.9 Å². The Kier molecular flexibility index (Phi) is 5.87. The SMILES string of the molecule is C=CCc1cc2ccc(Oc3ccccc3)cc2n(CCOCC)c1=O. The van der Waals surface area contributed by atoms with Gasteiger partial charge in [0.25, 0.3) is 5.56 Å². The third-order valence-electron chi connectivity index (χ3n) is 4.15. The van der Waals surface area contributed by atoms with Crippen LogP contribution in [0.1, 0.15) is 12.5 Å². The van der Waals surface area contributed by atoms with Gasteiger partial charge in [-0.2, -0.15) is 0 Å². The minimum Gasteiger partial charge on any atom is -0.457 e. The smallest absolute Gasteiger partial charge is 0.254 e. The predicted molar refractivity (Wildman–Crippen MR) is 105 cm³/mol. The van der Waals surface area contributed by atoms with Gasteiger partial charge in [-0.05, 0) is 49.1 Å². The van der Waals surface area contributed by atoms with E-state index in [4.69, 9.17) is 9.47 Å². The zero-order valence-corrected chi connectivity index (χ0v) is 15.0. The van der Waals surface area contributed by atoms with Crippen LogP contribution in [0.15, 0.2) is 72.0 Å². The summed E-state index contributed by atoms with van der Waals surface area (Å²) in [6.07, 6.45) is 2.30. The molecule has 0 aliphatic rings. The lowest BCUT2D eigenvalue weighted by molar-refractivity contribution is 0.139. The van der Waals surface area contributed by atoms with Crippen LogP contribution >= 0.6 is 0 Å². The summed E-state index contributed by atoms with van der Waals surface area (Å²) >= 11 is 0. The highest BCUT2D eigenvalue weighted by atomic mass is 16.5. The van der Waals surface area contributed by atoms with Gasteiger partial charge in [-0.25, -0.2) is 0 Å². The van der Waals surface area contributed by atoms with Crippen molar-refractivity contribution in [3.8, 4) is 11.5 Å². The second-order valence-electron chi connectivity index (χ2n) is 5.95. The molecule has 2 aromatic carbocycles. The molecule has 0 amide bonds. The Bertz CT molecular complexity index is 945. The molecule has 134 valence electrons. The van der Waals surface area contributed by atoms with E-state index in [1.807, 2.05) is 61.5 Å². The quantitative estimate of drug-likeness (QED) is 0.442. The molecule has 3 aromatic rings. The van der Waals surface area contributed by atoms with E-state index in [1.165, 1.54) is 0 Å². The first-order chi connectivity index (χ1) is 12.7. The number of nitrogens with zero attached hydrogens (tertiary/aromatic N) is 1. The summed E-state index contributed by atoms with van der Waals surface area (Å²) in [5.41, 5.74) is 1.57. The number of para-hydroxylation sites is 1. The molecule has 26 heavy (non-hydrogen) atoms. The van der Waals surface area contributed by atoms with Crippen LogP contribution in [-0.2, 0) is 17.7 Å². The Morgan fingerprint density at radius 3 is 2.62 bits per heavy atom. The van der Waals surface area contributed by atoms with Crippen molar-refractivity contribution >= 4 is 10.9 Å². The van der Waals surface area contributed by atoms with Gasteiger partial charge in [0.1, 0.15) is 11.5 Å². The number of ether oxygens (including phenoxy) is 2. The second kappa shape index (κ2) is 8.50. The van der Waals surface area contributed by atoms with Crippen LogP contribution < -0.4 is 10.3 Å². The average molecular weight is 349 g/mol. The van der Waals surface area contributed by atoms with E-state index >= 15 is 0 Å². The first-order valence-corrected chi connectivity index (χ1v) is 8.81. The lowest BCUT2D eigenvalue weighted by Gasteiger charge is -2.14. The van der Waals surface area contributed by atoms with E-state index in [1.54, 1.807) is 10.6 Å². The number of aromatic nitrogens is 1. The van der Waals surface area contributed by atoms with Crippen LogP contribution in [0.3, 0.4) is 0 Å². The standard InChI is InChI=1S/C22H23NO3/c1-3-8-18-15-17-11-12-20(26-19-9-6-5-7-10-19)16-21(17)23(22(18)24)13-14-25-4-2/h3,5-7,9-12,15-16H,1,4,8,13-14H2,2H3. The van der Waals surface area contributed by atoms with Crippen LogP contribution in [0.5, 0.6) is 11.5 Å². The van der Waals surface area contributed by atoms with E-state index < -0.39 is 0 Å². The predicted octanol–water partition coefficient (Wildman–Crippen LogP) is 4.56. The number of pyridine rings is 1. The summed E-state index contributed by atoms with van der Waals surface area (Å²) in [4.78, 5) is 12.9. The summed E-state index contributed by atoms with van der Waals surface area (Å²) in [5.74, 6) is 1.46. The molecule has 0 aliphatic carbocycles. The number of rotatable bonds is 8. The molecule has 4 nitrogen and oxygen atoms in total. The number of hydrogen-bond acceptors (Lipinski definition) is 3. The summed E-state index contributed by atoms with van der Waals surface area (Å²) in [5, 5.41) is 0.998. The van der Waals surface area contributed by atoms with Crippen molar-refractivity contribution in [1.29, 1.82) is 0 Å². The van der Waals surface area contributed by atoms with Gasteiger partial charge in [0.15, 0.2) is 0 Å². The lowest BCUT2D eigenvalue weighted by atomic mass is 10.1. The first-order valence-electron chi connectivity index (χ1n) is 8.81. The van der Waals surface area contributed by atoms with Gasteiger partial charge in [0.2, 0.25) is 0 Å². The van der Waals surface area contributed by atoms with E-state index in [-0.39, 0.29) is 5.56 Å².